The summed E-state index contributed by atoms with van der Waals surface area (Å²) >= 11 is 0. The van der Waals surface area contributed by atoms with Crippen molar-refractivity contribution < 1.29 is 9.90 Å². The number of hydrogen-bond acceptors (Lipinski definition) is 6. The van der Waals surface area contributed by atoms with E-state index in [4.69, 9.17) is 5.73 Å². The number of likely N-dealkylation sites (tertiary alicyclic amines) is 1. The van der Waals surface area contributed by atoms with Crippen LogP contribution in [0.4, 0.5) is 0 Å². The normalized spacial score (nSPS) is 16.3. The molecule has 0 unspecified atom stereocenters. The van der Waals surface area contributed by atoms with Crippen LogP contribution in [0.2, 0.25) is 0 Å². The molecule has 2 aromatic heterocycles. The molecule has 9 heteroatoms. The van der Waals surface area contributed by atoms with Crippen LogP contribution in [0.5, 0.6) is 0 Å². The zero-order valence-corrected chi connectivity index (χ0v) is 19.3. The average Bonchev–Trinajstić information content (AvgIpc) is 3.32. The lowest BCUT2D eigenvalue weighted by Crippen LogP contribution is -2.53. The van der Waals surface area contributed by atoms with E-state index in [0.29, 0.717) is 43.4 Å². The van der Waals surface area contributed by atoms with Gasteiger partial charge in [-0.3, -0.25) is 14.2 Å². The Kier molecular flexibility index (Phi) is 6.19. The van der Waals surface area contributed by atoms with Crippen LogP contribution in [0.3, 0.4) is 0 Å². The number of benzene rings is 2. The van der Waals surface area contributed by atoms with E-state index >= 15 is 0 Å². The predicted molar refractivity (Wildman–Crippen MR) is 132 cm³/mol. The summed E-state index contributed by atoms with van der Waals surface area (Å²) in [6.45, 7) is 0.867. The number of nitrogens with zero attached hydrogens (tertiary/aromatic N) is 5. The molecule has 1 amide bonds. The Balaban J connectivity index is 1.25. The Bertz CT molecular complexity index is 1370. The standard InChI is InChI=1S/C26H28N6O3/c27-22(15-19-7-3-1-4-8-19)25(34)30-13-11-26(35,12-14-30)17-31-18-28-23-21(24(31)33)16-29-32(23)20-9-5-2-6-10-20/h1-10,16,18,22,35H,11-15,17,27H2/t22-/m1/s1. The van der Waals surface area contributed by atoms with Gasteiger partial charge in [-0.15, -0.1) is 0 Å². The summed E-state index contributed by atoms with van der Waals surface area (Å²) in [5.74, 6) is -0.121. The van der Waals surface area contributed by atoms with E-state index in [1.807, 2.05) is 60.7 Å². The van der Waals surface area contributed by atoms with Crippen LogP contribution in [-0.4, -0.2) is 60.0 Å². The third-order valence-corrected chi connectivity index (χ3v) is 6.64. The Morgan fingerprint density at radius 1 is 1.06 bits per heavy atom. The van der Waals surface area contributed by atoms with Crippen molar-refractivity contribution in [1.82, 2.24) is 24.2 Å². The van der Waals surface area contributed by atoms with Crippen molar-refractivity contribution >= 4 is 16.9 Å². The van der Waals surface area contributed by atoms with E-state index in [-0.39, 0.29) is 18.0 Å². The fourth-order valence-corrected chi connectivity index (χ4v) is 4.63. The first-order valence-electron chi connectivity index (χ1n) is 11.7. The third-order valence-electron chi connectivity index (χ3n) is 6.64. The summed E-state index contributed by atoms with van der Waals surface area (Å²) in [5.41, 5.74) is 7.10. The van der Waals surface area contributed by atoms with Gasteiger partial charge in [-0.25, -0.2) is 9.67 Å². The van der Waals surface area contributed by atoms with Crippen molar-refractivity contribution in [1.29, 1.82) is 0 Å². The van der Waals surface area contributed by atoms with E-state index < -0.39 is 11.6 Å². The first-order chi connectivity index (χ1) is 16.9. The smallest absolute Gasteiger partial charge is 0.264 e. The number of piperidine rings is 1. The van der Waals surface area contributed by atoms with Crippen LogP contribution in [0.25, 0.3) is 16.7 Å². The number of aromatic nitrogens is 4. The van der Waals surface area contributed by atoms with E-state index in [2.05, 4.69) is 10.1 Å². The molecule has 1 aliphatic heterocycles. The second kappa shape index (κ2) is 9.44. The van der Waals surface area contributed by atoms with E-state index in [0.717, 1.165) is 11.3 Å². The van der Waals surface area contributed by atoms with Gasteiger partial charge in [-0.1, -0.05) is 48.5 Å². The molecule has 1 fully saturated rings. The maximum Gasteiger partial charge on any atom is 0.264 e. The number of fused-ring (bicyclic) bond motifs is 1. The van der Waals surface area contributed by atoms with E-state index in [9.17, 15) is 14.7 Å². The highest BCUT2D eigenvalue weighted by molar-refractivity contribution is 5.82. The summed E-state index contributed by atoms with van der Waals surface area (Å²) in [7, 11) is 0. The van der Waals surface area contributed by atoms with Gasteiger partial charge in [0.2, 0.25) is 5.91 Å². The predicted octanol–water partition coefficient (Wildman–Crippen LogP) is 1.51. The SMILES string of the molecule is N[C@H](Cc1ccccc1)C(=O)N1CCC(O)(Cn2cnc3c(cnn3-c3ccccc3)c2=O)CC1. The quantitative estimate of drug-likeness (QED) is 0.439. The summed E-state index contributed by atoms with van der Waals surface area (Å²) < 4.78 is 3.05. The minimum atomic E-state index is -1.12. The van der Waals surface area contributed by atoms with Gasteiger partial charge >= 0.3 is 0 Å². The molecule has 0 saturated carbocycles. The molecular weight excluding hydrogens is 444 g/mol. The zero-order chi connectivity index (χ0) is 24.4. The van der Waals surface area contributed by atoms with Crippen LogP contribution in [0, 0.1) is 0 Å². The maximum atomic E-state index is 13.1. The highest BCUT2D eigenvalue weighted by Gasteiger charge is 2.36. The van der Waals surface area contributed by atoms with Gasteiger partial charge in [0.05, 0.1) is 30.1 Å². The second-order valence-corrected chi connectivity index (χ2v) is 9.15. The first kappa shape index (κ1) is 22.9. The molecule has 3 heterocycles. The Morgan fingerprint density at radius 2 is 1.71 bits per heavy atom. The molecule has 0 radical (unpaired) electrons. The lowest BCUT2D eigenvalue weighted by molar-refractivity contribution is -0.137. The minimum absolute atomic E-state index is 0.101. The largest absolute Gasteiger partial charge is 0.388 e. The van der Waals surface area contributed by atoms with Crippen LogP contribution in [0.1, 0.15) is 18.4 Å². The maximum absolute atomic E-state index is 13.1. The van der Waals surface area contributed by atoms with Gasteiger partial charge in [0.1, 0.15) is 11.7 Å². The Hall–Kier alpha value is -3.82. The van der Waals surface area contributed by atoms with Gasteiger partial charge in [0.15, 0.2) is 5.65 Å². The van der Waals surface area contributed by atoms with Crippen LogP contribution in [-0.2, 0) is 17.8 Å². The number of nitrogens with two attached hydrogens (primary N) is 1. The van der Waals surface area contributed by atoms with Crippen LogP contribution < -0.4 is 11.3 Å². The van der Waals surface area contributed by atoms with Gasteiger partial charge in [0.25, 0.3) is 5.56 Å². The average molecular weight is 473 g/mol. The molecule has 180 valence electrons. The molecule has 9 nitrogen and oxygen atoms in total. The summed E-state index contributed by atoms with van der Waals surface area (Å²) in [4.78, 5) is 32.1. The lowest BCUT2D eigenvalue weighted by Gasteiger charge is -2.39. The molecule has 0 spiro atoms. The molecule has 5 rings (SSSR count). The van der Waals surface area contributed by atoms with Crippen LogP contribution >= 0.6 is 0 Å². The number of carbonyl (C=O) groups is 1. The molecule has 1 atom stereocenters. The van der Waals surface area contributed by atoms with Crippen molar-refractivity contribution in [3.63, 3.8) is 0 Å². The highest BCUT2D eigenvalue weighted by atomic mass is 16.3. The number of para-hydroxylation sites is 1. The van der Waals surface area contributed by atoms with Gasteiger partial charge in [-0.2, -0.15) is 5.10 Å². The summed E-state index contributed by atoms with van der Waals surface area (Å²) in [5, 5.41) is 15.9. The fourth-order valence-electron chi connectivity index (χ4n) is 4.63. The number of rotatable bonds is 6. The lowest BCUT2D eigenvalue weighted by atomic mass is 9.90. The van der Waals surface area contributed by atoms with Gasteiger partial charge in [-0.05, 0) is 37.0 Å². The van der Waals surface area contributed by atoms with E-state index in [1.54, 1.807) is 9.58 Å². The molecule has 2 aromatic carbocycles. The summed E-state index contributed by atoms with van der Waals surface area (Å²) in [6.07, 6.45) is 4.14. The minimum Gasteiger partial charge on any atom is -0.388 e. The molecule has 3 N–H and O–H groups in total. The Labute approximate surface area is 202 Å². The second-order valence-electron chi connectivity index (χ2n) is 9.15. The molecule has 1 aliphatic rings. The topological polar surface area (TPSA) is 119 Å². The molecular formula is C26H28N6O3. The molecule has 1 saturated heterocycles. The molecule has 35 heavy (non-hydrogen) atoms. The first-order valence-corrected chi connectivity index (χ1v) is 11.7. The monoisotopic (exact) mass is 472 g/mol. The number of amides is 1. The van der Waals surface area contributed by atoms with Gasteiger partial charge in [0, 0.05) is 13.1 Å². The number of carbonyl (C=O) groups excluding carboxylic acids is 1. The third kappa shape index (κ3) is 4.73. The van der Waals surface area contributed by atoms with E-state index in [1.165, 1.54) is 17.1 Å². The van der Waals surface area contributed by atoms with Crippen molar-refractivity contribution in [3.05, 3.63) is 89.1 Å². The zero-order valence-electron chi connectivity index (χ0n) is 19.3. The van der Waals surface area contributed by atoms with Crippen molar-refractivity contribution in [3.8, 4) is 5.69 Å². The fraction of sp³-hybridized carbons (Fsp3) is 0.308. The van der Waals surface area contributed by atoms with Crippen molar-refractivity contribution in [2.75, 3.05) is 13.1 Å². The van der Waals surface area contributed by atoms with Gasteiger partial charge < -0.3 is 15.7 Å². The molecule has 0 bridgehead atoms. The molecule has 4 aromatic rings. The number of hydrogen-bond donors (Lipinski definition) is 2. The highest BCUT2D eigenvalue weighted by Crippen LogP contribution is 2.25. The van der Waals surface area contributed by atoms with Crippen molar-refractivity contribution in [2.45, 2.75) is 37.5 Å². The number of aliphatic hydroxyl groups is 1. The molecule has 0 aliphatic carbocycles. The van der Waals surface area contributed by atoms with Crippen LogP contribution in [0.15, 0.2) is 78.0 Å². The summed E-state index contributed by atoms with van der Waals surface area (Å²) in [6, 6.07) is 18.5. The van der Waals surface area contributed by atoms with Crippen molar-refractivity contribution in [2.24, 2.45) is 5.73 Å². The Morgan fingerprint density at radius 3 is 2.40 bits per heavy atom.